The van der Waals surface area contributed by atoms with Gasteiger partial charge >= 0.3 is 5.97 Å². The number of hydrogen-bond donors (Lipinski definition) is 2. The van der Waals surface area contributed by atoms with Crippen LogP contribution < -0.4 is 4.74 Å². The lowest BCUT2D eigenvalue weighted by Crippen LogP contribution is -2.11. The van der Waals surface area contributed by atoms with Crippen molar-refractivity contribution in [2.75, 3.05) is 6.61 Å². The molecule has 0 fully saturated rings. The van der Waals surface area contributed by atoms with E-state index in [2.05, 4.69) is 22.5 Å². The highest BCUT2D eigenvalue weighted by Crippen LogP contribution is 2.32. The van der Waals surface area contributed by atoms with Gasteiger partial charge in [-0.25, -0.2) is 4.79 Å². The van der Waals surface area contributed by atoms with Gasteiger partial charge in [0.2, 0.25) is 0 Å². The van der Waals surface area contributed by atoms with Gasteiger partial charge in [0.25, 0.3) is 0 Å². The molecule has 0 aliphatic heterocycles. The monoisotopic (exact) mass is 300 g/mol. The molecule has 4 nitrogen and oxygen atoms in total. The fourth-order valence-electron chi connectivity index (χ4n) is 1.18. The molecule has 5 heteroatoms. The van der Waals surface area contributed by atoms with Crippen LogP contribution in [-0.2, 0) is 4.79 Å². The molecule has 1 rings (SSSR count). The number of aliphatic hydroxyl groups is 1. The number of halogens is 1. The Morgan fingerprint density at radius 3 is 2.76 bits per heavy atom. The second-order valence-corrected chi connectivity index (χ2v) is 4.44. The molecule has 2 N–H and O–H groups in total. The molecule has 0 bridgehead atoms. The van der Waals surface area contributed by atoms with Crippen LogP contribution in [0.5, 0.6) is 5.75 Å². The fourth-order valence-corrected chi connectivity index (χ4v) is 1.78. The molecular weight excluding hydrogens is 288 g/mol. The predicted octanol–water partition coefficient (Wildman–Crippen LogP) is 2.52. The van der Waals surface area contributed by atoms with Crippen LogP contribution in [0.1, 0.15) is 18.6 Å². The first kappa shape index (κ1) is 13.7. The average Bonchev–Trinajstić information content (AvgIpc) is 2.26. The van der Waals surface area contributed by atoms with Crippen molar-refractivity contribution in [1.82, 2.24) is 0 Å². The van der Waals surface area contributed by atoms with E-state index < -0.39 is 12.1 Å². The molecule has 0 saturated heterocycles. The topological polar surface area (TPSA) is 66.8 Å². The maximum atomic E-state index is 10.7. The van der Waals surface area contributed by atoms with Crippen molar-refractivity contribution in [3.63, 3.8) is 0 Å². The van der Waals surface area contributed by atoms with Gasteiger partial charge in [-0.3, -0.25) is 0 Å². The number of aliphatic carboxylic acids is 1. The number of aliphatic hydroxyl groups excluding tert-OH is 1. The first-order chi connectivity index (χ1) is 7.93. The predicted molar refractivity (Wildman–Crippen MR) is 67.0 cm³/mol. The molecule has 1 aromatic rings. The van der Waals surface area contributed by atoms with E-state index >= 15 is 0 Å². The van der Waals surface area contributed by atoms with Crippen LogP contribution in [0.3, 0.4) is 0 Å². The molecule has 0 aliphatic carbocycles. The van der Waals surface area contributed by atoms with Gasteiger partial charge in [-0.2, -0.15) is 0 Å². The van der Waals surface area contributed by atoms with Crippen molar-refractivity contribution in [3.8, 4) is 5.75 Å². The molecular formula is C12H13BrO4. The maximum Gasteiger partial charge on any atom is 0.337 e. The molecule has 0 saturated carbocycles. The van der Waals surface area contributed by atoms with Crippen LogP contribution in [0, 0.1) is 0 Å². The van der Waals surface area contributed by atoms with Crippen LogP contribution in [0.2, 0.25) is 0 Å². The molecule has 1 unspecified atom stereocenters. The number of hydrogen-bond acceptors (Lipinski definition) is 3. The molecule has 92 valence electrons. The zero-order valence-electron chi connectivity index (χ0n) is 9.31. The molecule has 1 atom stereocenters. The van der Waals surface area contributed by atoms with Crippen LogP contribution in [0.15, 0.2) is 34.8 Å². The number of carboxylic acids is 1. The standard InChI is InChI=1S/C12H13BrO4/c1-7(2)6-17-9-5-3-4-8(10(9)13)11(14)12(15)16/h3-5,11,14H,1,6H2,2H3,(H,15,16). The second-order valence-electron chi connectivity index (χ2n) is 3.65. The van der Waals surface area contributed by atoms with Crippen LogP contribution in [0.25, 0.3) is 0 Å². The Hall–Kier alpha value is -1.33. The fraction of sp³-hybridized carbons (Fsp3) is 0.250. The quantitative estimate of drug-likeness (QED) is 0.820. The van der Waals surface area contributed by atoms with E-state index in [0.29, 0.717) is 16.8 Å². The highest BCUT2D eigenvalue weighted by atomic mass is 79.9. The number of benzene rings is 1. The molecule has 0 aromatic heterocycles. The highest BCUT2D eigenvalue weighted by molar-refractivity contribution is 9.10. The normalized spacial score (nSPS) is 11.9. The first-order valence-corrected chi connectivity index (χ1v) is 5.69. The Labute approximate surface area is 108 Å². The van der Waals surface area contributed by atoms with Crippen LogP contribution >= 0.6 is 15.9 Å². The van der Waals surface area contributed by atoms with Gasteiger partial charge in [0.1, 0.15) is 12.4 Å². The Balaban J connectivity index is 2.98. The van der Waals surface area contributed by atoms with Gasteiger partial charge in [-0.1, -0.05) is 18.7 Å². The smallest absolute Gasteiger partial charge is 0.337 e. The van der Waals surface area contributed by atoms with E-state index in [1.165, 1.54) is 6.07 Å². The minimum absolute atomic E-state index is 0.261. The number of ether oxygens (including phenoxy) is 1. The molecule has 0 heterocycles. The van der Waals surface area contributed by atoms with E-state index in [1.807, 2.05) is 6.92 Å². The third kappa shape index (κ3) is 3.57. The second kappa shape index (κ2) is 5.84. The first-order valence-electron chi connectivity index (χ1n) is 4.90. The third-order valence-corrected chi connectivity index (χ3v) is 2.84. The summed E-state index contributed by atoms with van der Waals surface area (Å²) in [6.07, 6.45) is -1.57. The van der Waals surface area contributed by atoms with E-state index in [0.717, 1.165) is 5.57 Å². The lowest BCUT2D eigenvalue weighted by Gasteiger charge is -2.13. The molecule has 0 amide bonds. The number of carbonyl (C=O) groups is 1. The molecule has 0 radical (unpaired) electrons. The van der Waals surface area contributed by atoms with Gasteiger partial charge < -0.3 is 14.9 Å². The van der Waals surface area contributed by atoms with Gasteiger partial charge in [0.05, 0.1) is 4.47 Å². The van der Waals surface area contributed by atoms with Crippen molar-refractivity contribution in [2.45, 2.75) is 13.0 Å². The lowest BCUT2D eigenvalue weighted by molar-refractivity contribution is -0.147. The largest absolute Gasteiger partial charge is 0.488 e. The van der Waals surface area contributed by atoms with Crippen LogP contribution in [-0.4, -0.2) is 22.8 Å². The van der Waals surface area contributed by atoms with Gasteiger partial charge in [0, 0.05) is 5.56 Å². The van der Waals surface area contributed by atoms with E-state index in [1.54, 1.807) is 12.1 Å². The minimum Gasteiger partial charge on any atom is -0.488 e. The summed E-state index contributed by atoms with van der Waals surface area (Å²) in [4.78, 5) is 10.7. The van der Waals surface area contributed by atoms with E-state index in [4.69, 9.17) is 9.84 Å². The summed E-state index contributed by atoms with van der Waals surface area (Å²) >= 11 is 3.22. The van der Waals surface area contributed by atoms with Gasteiger partial charge in [-0.15, -0.1) is 0 Å². The van der Waals surface area contributed by atoms with Crippen molar-refractivity contribution in [3.05, 3.63) is 40.4 Å². The van der Waals surface area contributed by atoms with Crippen molar-refractivity contribution < 1.29 is 19.7 Å². The Morgan fingerprint density at radius 1 is 1.59 bits per heavy atom. The lowest BCUT2D eigenvalue weighted by atomic mass is 10.1. The summed E-state index contributed by atoms with van der Waals surface area (Å²) in [5.74, 6) is -0.825. The molecule has 0 spiro atoms. The maximum absolute atomic E-state index is 10.7. The van der Waals surface area contributed by atoms with Crippen molar-refractivity contribution in [2.24, 2.45) is 0 Å². The number of carboxylic acid groups (broad SMARTS) is 1. The molecule has 0 aliphatic rings. The summed E-state index contributed by atoms with van der Waals surface area (Å²) < 4.78 is 5.86. The number of rotatable bonds is 5. The SMILES string of the molecule is C=C(C)COc1cccc(C(O)C(=O)O)c1Br. The van der Waals surface area contributed by atoms with Crippen LogP contribution in [0.4, 0.5) is 0 Å². The zero-order chi connectivity index (χ0) is 13.0. The summed E-state index contributed by atoms with van der Waals surface area (Å²) in [5, 5.41) is 18.2. The molecule has 17 heavy (non-hydrogen) atoms. The van der Waals surface area contributed by atoms with E-state index in [9.17, 15) is 9.90 Å². The third-order valence-electron chi connectivity index (χ3n) is 2.00. The zero-order valence-corrected chi connectivity index (χ0v) is 10.9. The Morgan fingerprint density at radius 2 is 2.24 bits per heavy atom. The van der Waals surface area contributed by atoms with Crippen molar-refractivity contribution in [1.29, 1.82) is 0 Å². The summed E-state index contributed by atoms with van der Waals surface area (Å²) in [5.41, 5.74) is 1.11. The van der Waals surface area contributed by atoms with Crippen molar-refractivity contribution >= 4 is 21.9 Å². The van der Waals surface area contributed by atoms with Gasteiger partial charge in [-0.05, 0) is 34.5 Å². The molecule has 1 aromatic carbocycles. The summed E-state index contributed by atoms with van der Waals surface area (Å²) in [6, 6.07) is 4.83. The highest BCUT2D eigenvalue weighted by Gasteiger charge is 2.20. The van der Waals surface area contributed by atoms with E-state index in [-0.39, 0.29) is 5.56 Å². The Bertz CT molecular complexity index is 442. The van der Waals surface area contributed by atoms with Gasteiger partial charge in [0.15, 0.2) is 6.10 Å². The Kier molecular flexibility index (Phi) is 4.72. The summed E-state index contributed by atoms with van der Waals surface area (Å²) in [6.45, 7) is 5.86. The summed E-state index contributed by atoms with van der Waals surface area (Å²) in [7, 11) is 0. The minimum atomic E-state index is -1.57. The average molecular weight is 301 g/mol.